The summed E-state index contributed by atoms with van der Waals surface area (Å²) in [5, 5.41) is 5.02. The molecule has 2 aromatic heterocycles. The molecule has 4 nitrogen and oxygen atoms in total. The number of carbonyl (C=O) groups is 1. The Balaban J connectivity index is 1.40. The molecule has 0 bridgehead atoms. The predicted molar refractivity (Wildman–Crippen MR) is 102 cm³/mol. The summed E-state index contributed by atoms with van der Waals surface area (Å²) in [6.45, 7) is 1.05. The zero-order chi connectivity index (χ0) is 17.1. The standard InChI is InChI=1S/C20H21N3OS/c24-19(11-10-18-5-3-13-25-18)22-16-8-6-15(7-9-16)20-21-14-17-4-1-2-12-23(17)20/h3,5-9,13-14H,1-2,4,10-12H2,(H,22,24). The Morgan fingerprint density at radius 1 is 1.20 bits per heavy atom. The van der Waals surface area contributed by atoms with Crippen LogP contribution in [0.3, 0.4) is 0 Å². The fourth-order valence-electron chi connectivity index (χ4n) is 3.28. The zero-order valence-corrected chi connectivity index (χ0v) is 14.9. The van der Waals surface area contributed by atoms with Gasteiger partial charge in [-0.3, -0.25) is 4.79 Å². The van der Waals surface area contributed by atoms with Crippen LogP contribution in [0.2, 0.25) is 0 Å². The number of aromatic nitrogens is 2. The second-order valence-corrected chi connectivity index (χ2v) is 7.42. The second kappa shape index (κ2) is 7.23. The summed E-state index contributed by atoms with van der Waals surface area (Å²) in [4.78, 5) is 17.9. The third kappa shape index (κ3) is 3.66. The SMILES string of the molecule is O=C(CCc1cccs1)Nc1ccc(-c2ncc3n2CCCC3)cc1. The maximum Gasteiger partial charge on any atom is 0.224 e. The molecule has 0 aliphatic carbocycles. The molecule has 0 saturated heterocycles. The summed E-state index contributed by atoms with van der Waals surface area (Å²) in [5.74, 6) is 1.09. The van der Waals surface area contributed by atoms with Crippen LogP contribution in [0.1, 0.15) is 29.8 Å². The smallest absolute Gasteiger partial charge is 0.224 e. The number of carbonyl (C=O) groups excluding carboxylic acids is 1. The van der Waals surface area contributed by atoms with Gasteiger partial charge in [-0.05, 0) is 61.4 Å². The predicted octanol–water partition coefficient (Wildman–Crippen LogP) is 4.52. The molecular formula is C20H21N3OS. The highest BCUT2D eigenvalue weighted by Crippen LogP contribution is 2.25. The van der Waals surface area contributed by atoms with Gasteiger partial charge in [0.1, 0.15) is 5.82 Å². The number of rotatable bonds is 5. The topological polar surface area (TPSA) is 46.9 Å². The number of anilines is 1. The Morgan fingerprint density at radius 2 is 2.08 bits per heavy atom. The van der Waals surface area contributed by atoms with Crippen molar-refractivity contribution in [2.75, 3.05) is 5.32 Å². The van der Waals surface area contributed by atoms with Crippen molar-refractivity contribution >= 4 is 22.9 Å². The molecule has 1 N–H and O–H groups in total. The van der Waals surface area contributed by atoms with E-state index >= 15 is 0 Å². The number of benzene rings is 1. The van der Waals surface area contributed by atoms with Crippen LogP contribution in [0.5, 0.6) is 0 Å². The van der Waals surface area contributed by atoms with Crippen LogP contribution in [0, 0.1) is 0 Å². The van der Waals surface area contributed by atoms with Crippen molar-refractivity contribution in [2.45, 2.75) is 38.6 Å². The highest BCUT2D eigenvalue weighted by Gasteiger charge is 2.15. The van der Waals surface area contributed by atoms with Gasteiger partial charge in [0.25, 0.3) is 0 Å². The van der Waals surface area contributed by atoms with E-state index in [0.29, 0.717) is 6.42 Å². The Kier molecular flexibility index (Phi) is 4.65. The first-order valence-corrected chi connectivity index (χ1v) is 9.64. The molecule has 3 heterocycles. The van der Waals surface area contributed by atoms with Crippen molar-refractivity contribution < 1.29 is 4.79 Å². The van der Waals surface area contributed by atoms with Gasteiger partial charge in [0.15, 0.2) is 0 Å². The van der Waals surface area contributed by atoms with Gasteiger partial charge in [-0.25, -0.2) is 4.98 Å². The van der Waals surface area contributed by atoms with Gasteiger partial charge in [-0.15, -0.1) is 11.3 Å². The second-order valence-electron chi connectivity index (χ2n) is 6.39. The average Bonchev–Trinajstić information content (AvgIpc) is 3.30. The van der Waals surface area contributed by atoms with Crippen molar-refractivity contribution in [3.63, 3.8) is 0 Å². The fraction of sp³-hybridized carbons (Fsp3) is 0.300. The maximum atomic E-state index is 12.1. The molecule has 5 heteroatoms. The van der Waals surface area contributed by atoms with E-state index in [1.54, 1.807) is 11.3 Å². The number of amides is 1. The van der Waals surface area contributed by atoms with Gasteiger partial charge >= 0.3 is 0 Å². The Labute approximate surface area is 151 Å². The molecule has 0 radical (unpaired) electrons. The van der Waals surface area contributed by atoms with Crippen LogP contribution >= 0.6 is 11.3 Å². The van der Waals surface area contributed by atoms with E-state index in [2.05, 4.69) is 20.9 Å². The molecule has 0 spiro atoms. The van der Waals surface area contributed by atoms with Crippen LogP contribution in [0.4, 0.5) is 5.69 Å². The van der Waals surface area contributed by atoms with Gasteiger partial charge in [-0.1, -0.05) is 6.07 Å². The van der Waals surface area contributed by atoms with Gasteiger partial charge < -0.3 is 9.88 Å². The van der Waals surface area contributed by atoms with Gasteiger partial charge in [0, 0.05) is 41.0 Å². The van der Waals surface area contributed by atoms with Crippen LogP contribution in [0.25, 0.3) is 11.4 Å². The minimum atomic E-state index is 0.0549. The van der Waals surface area contributed by atoms with Crippen molar-refractivity contribution in [1.82, 2.24) is 9.55 Å². The summed E-state index contributed by atoms with van der Waals surface area (Å²) in [6.07, 6.45) is 6.88. The van der Waals surface area contributed by atoms with E-state index in [4.69, 9.17) is 0 Å². The van der Waals surface area contributed by atoms with Crippen LogP contribution in [0.15, 0.2) is 48.0 Å². The summed E-state index contributed by atoms with van der Waals surface area (Å²) >= 11 is 1.69. The summed E-state index contributed by atoms with van der Waals surface area (Å²) in [7, 11) is 0. The molecule has 0 unspecified atom stereocenters. The van der Waals surface area contributed by atoms with E-state index in [9.17, 15) is 4.79 Å². The number of nitrogens with one attached hydrogen (secondary N) is 1. The third-order valence-electron chi connectivity index (χ3n) is 4.61. The highest BCUT2D eigenvalue weighted by atomic mass is 32.1. The molecular weight excluding hydrogens is 330 g/mol. The highest BCUT2D eigenvalue weighted by molar-refractivity contribution is 7.09. The van der Waals surface area contributed by atoms with Crippen molar-refractivity contribution in [1.29, 1.82) is 0 Å². The Bertz CT molecular complexity index is 850. The average molecular weight is 351 g/mol. The molecule has 1 aliphatic heterocycles. The number of thiophene rings is 1. The number of nitrogens with zero attached hydrogens (tertiary/aromatic N) is 2. The molecule has 3 aromatic rings. The number of hydrogen-bond donors (Lipinski definition) is 1. The Hall–Kier alpha value is -2.40. The molecule has 25 heavy (non-hydrogen) atoms. The lowest BCUT2D eigenvalue weighted by atomic mass is 10.1. The molecule has 0 fully saturated rings. The van der Waals surface area contributed by atoms with Gasteiger partial charge in [0.05, 0.1) is 0 Å². The van der Waals surface area contributed by atoms with Crippen LogP contribution in [-0.2, 0) is 24.2 Å². The van der Waals surface area contributed by atoms with Crippen LogP contribution in [-0.4, -0.2) is 15.5 Å². The minimum absolute atomic E-state index is 0.0549. The minimum Gasteiger partial charge on any atom is -0.328 e. The lowest BCUT2D eigenvalue weighted by Gasteiger charge is -2.16. The number of aryl methyl sites for hydroxylation is 2. The van der Waals surface area contributed by atoms with Gasteiger partial charge in [-0.2, -0.15) is 0 Å². The van der Waals surface area contributed by atoms with Crippen molar-refractivity contribution in [3.8, 4) is 11.4 Å². The molecule has 1 aliphatic rings. The molecule has 0 saturated carbocycles. The van der Waals surface area contributed by atoms with E-state index in [0.717, 1.165) is 36.5 Å². The molecule has 1 aromatic carbocycles. The lowest BCUT2D eigenvalue weighted by Crippen LogP contribution is -2.12. The third-order valence-corrected chi connectivity index (χ3v) is 5.54. The molecule has 4 rings (SSSR count). The largest absolute Gasteiger partial charge is 0.328 e. The van der Waals surface area contributed by atoms with E-state index in [-0.39, 0.29) is 5.91 Å². The fourth-order valence-corrected chi connectivity index (χ4v) is 3.99. The summed E-state index contributed by atoms with van der Waals surface area (Å²) in [6, 6.07) is 12.1. The first-order valence-electron chi connectivity index (χ1n) is 8.77. The first-order chi connectivity index (χ1) is 12.3. The van der Waals surface area contributed by atoms with E-state index in [1.165, 1.54) is 23.4 Å². The van der Waals surface area contributed by atoms with Crippen molar-refractivity contribution in [3.05, 3.63) is 58.5 Å². The zero-order valence-electron chi connectivity index (χ0n) is 14.1. The van der Waals surface area contributed by atoms with Crippen LogP contribution < -0.4 is 5.32 Å². The number of hydrogen-bond acceptors (Lipinski definition) is 3. The molecule has 128 valence electrons. The van der Waals surface area contributed by atoms with Gasteiger partial charge in [0.2, 0.25) is 5.91 Å². The summed E-state index contributed by atoms with van der Waals surface area (Å²) < 4.78 is 2.32. The normalized spacial score (nSPS) is 13.4. The number of imidazole rings is 1. The Morgan fingerprint density at radius 3 is 2.88 bits per heavy atom. The lowest BCUT2D eigenvalue weighted by molar-refractivity contribution is -0.116. The first kappa shape index (κ1) is 16.1. The summed E-state index contributed by atoms with van der Waals surface area (Å²) in [5.41, 5.74) is 3.27. The van der Waals surface area contributed by atoms with Crippen molar-refractivity contribution in [2.24, 2.45) is 0 Å². The quantitative estimate of drug-likeness (QED) is 0.735. The monoisotopic (exact) mass is 351 g/mol. The van der Waals surface area contributed by atoms with E-state index < -0.39 is 0 Å². The molecule has 1 amide bonds. The molecule has 0 atom stereocenters. The van der Waals surface area contributed by atoms with E-state index in [1.807, 2.05) is 41.9 Å². The maximum absolute atomic E-state index is 12.1. The number of fused-ring (bicyclic) bond motifs is 1.